The molecule has 0 unspecified atom stereocenters. The molecule has 1 saturated heterocycles. The molecule has 6 heteroatoms. The van der Waals surface area contributed by atoms with E-state index >= 15 is 0 Å². The Labute approximate surface area is 105 Å². The zero-order valence-electron chi connectivity index (χ0n) is 9.95. The topological polar surface area (TPSA) is 95.2 Å². The molecule has 0 saturated carbocycles. The minimum Gasteiger partial charge on any atom is -0.369 e. The van der Waals surface area contributed by atoms with Gasteiger partial charge in [0.1, 0.15) is 0 Å². The number of nitrogens with two attached hydrogens (primary N) is 2. The van der Waals surface area contributed by atoms with Crippen LogP contribution in [-0.4, -0.2) is 25.4 Å². The molecule has 1 aromatic carbocycles. The van der Waals surface area contributed by atoms with Gasteiger partial charge in [0, 0.05) is 5.56 Å². The number of benzene rings is 1. The lowest BCUT2D eigenvalue weighted by Crippen LogP contribution is -2.21. The molecule has 1 fully saturated rings. The van der Waals surface area contributed by atoms with Gasteiger partial charge < -0.3 is 20.9 Å². The molecule has 0 spiro atoms. The number of rotatable bonds is 3. The number of nitrogens with zero attached hydrogens (tertiary/aromatic N) is 2. The molecule has 0 bridgehead atoms. The second-order valence-electron chi connectivity index (χ2n) is 3.86. The molecule has 96 valence electrons. The maximum absolute atomic E-state index is 5.51. The van der Waals surface area contributed by atoms with Gasteiger partial charge in [-0.2, -0.15) is 5.10 Å². The molecule has 6 nitrogen and oxygen atoms in total. The molecule has 4 N–H and O–H groups in total. The Morgan fingerprint density at radius 3 is 2.44 bits per heavy atom. The van der Waals surface area contributed by atoms with Crippen LogP contribution in [0.4, 0.5) is 0 Å². The first-order valence-electron chi connectivity index (χ1n) is 5.71. The van der Waals surface area contributed by atoms with Gasteiger partial charge in [-0.15, -0.1) is 5.10 Å². The van der Waals surface area contributed by atoms with Crippen LogP contribution in [-0.2, 0) is 9.47 Å². The number of guanidine groups is 1. The SMILES string of the molecule is NC(N)=NN=Cc1ccc(C2OCCCO2)cc1. The largest absolute Gasteiger partial charge is 0.369 e. The average molecular weight is 248 g/mol. The molecule has 1 aromatic rings. The van der Waals surface area contributed by atoms with E-state index in [1.165, 1.54) is 0 Å². The summed E-state index contributed by atoms with van der Waals surface area (Å²) in [6.07, 6.45) is 2.26. The van der Waals surface area contributed by atoms with Gasteiger partial charge >= 0.3 is 0 Å². The van der Waals surface area contributed by atoms with Gasteiger partial charge in [-0.25, -0.2) is 0 Å². The van der Waals surface area contributed by atoms with Gasteiger partial charge in [0.25, 0.3) is 0 Å². The van der Waals surface area contributed by atoms with Crippen molar-refractivity contribution in [2.75, 3.05) is 13.2 Å². The lowest BCUT2D eigenvalue weighted by Gasteiger charge is -2.23. The van der Waals surface area contributed by atoms with Crippen LogP contribution in [0.2, 0.25) is 0 Å². The lowest BCUT2D eigenvalue weighted by atomic mass is 10.1. The minimum absolute atomic E-state index is 0.0631. The number of hydrogen-bond acceptors (Lipinski definition) is 4. The maximum Gasteiger partial charge on any atom is 0.211 e. The summed E-state index contributed by atoms with van der Waals surface area (Å²) in [4.78, 5) is 0. The zero-order valence-corrected chi connectivity index (χ0v) is 9.95. The quantitative estimate of drug-likeness (QED) is 0.468. The smallest absolute Gasteiger partial charge is 0.211 e. The summed E-state index contributed by atoms with van der Waals surface area (Å²) in [7, 11) is 0. The summed E-state index contributed by atoms with van der Waals surface area (Å²) in [6.45, 7) is 1.47. The molecule has 0 atom stereocenters. The molecular weight excluding hydrogens is 232 g/mol. The fourth-order valence-electron chi connectivity index (χ4n) is 1.58. The first-order valence-corrected chi connectivity index (χ1v) is 5.71. The van der Waals surface area contributed by atoms with E-state index < -0.39 is 0 Å². The predicted octanol–water partition coefficient (Wildman–Crippen LogP) is 0.729. The van der Waals surface area contributed by atoms with Crippen LogP contribution in [0.5, 0.6) is 0 Å². The molecule has 2 rings (SSSR count). The Bertz CT molecular complexity index is 432. The first kappa shape index (κ1) is 12.5. The molecule has 0 amide bonds. The van der Waals surface area contributed by atoms with E-state index in [0.717, 1.165) is 30.8 Å². The van der Waals surface area contributed by atoms with Crippen molar-refractivity contribution >= 4 is 12.2 Å². The van der Waals surface area contributed by atoms with Crippen molar-refractivity contribution in [3.05, 3.63) is 35.4 Å². The Morgan fingerprint density at radius 2 is 1.83 bits per heavy atom. The standard InChI is InChI=1S/C12H16N4O2/c13-12(14)16-15-8-9-2-4-10(5-3-9)11-17-6-1-7-18-11/h2-5,8,11H,1,6-7H2,(H4,13,14,16). The maximum atomic E-state index is 5.51. The second kappa shape index (κ2) is 6.13. The van der Waals surface area contributed by atoms with Crippen LogP contribution in [0.25, 0.3) is 0 Å². The molecule has 1 aliphatic rings. The molecular formula is C12H16N4O2. The zero-order chi connectivity index (χ0) is 12.8. The van der Waals surface area contributed by atoms with Crippen molar-refractivity contribution in [2.24, 2.45) is 21.7 Å². The van der Waals surface area contributed by atoms with Crippen molar-refractivity contribution in [2.45, 2.75) is 12.7 Å². The third-order valence-corrected chi connectivity index (χ3v) is 2.42. The van der Waals surface area contributed by atoms with Gasteiger partial charge in [0.05, 0.1) is 19.4 Å². The summed E-state index contributed by atoms with van der Waals surface area (Å²) in [5, 5.41) is 7.26. The highest BCUT2D eigenvalue weighted by atomic mass is 16.7. The van der Waals surface area contributed by atoms with Crippen molar-refractivity contribution in [3.8, 4) is 0 Å². The summed E-state index contributed by atoms with van der Waals surface area (Å²) in [6, 6.07) is 7.69. The Kier molecular flexibility index (Phi) is 4.27. The third-order valence-electron chi connectivity index (χ3n) is 2.42. The lowest BCUT2D eigenvalue weighted by molar-refractivity contribution is -0.183. The predicted molar refractivity (Wildman–Crippen MR) is 69.1 cm³/mol. The van der Waals surface area contributed by atoms with E-state index in [-0.39, 0.29) is 12.2 Å². The van der Waals surface area contributed by atoms with Crippen LogP contribution in [0, 0.1) is 0 Å². The molecule has 1 aliphatic heterocycles. The molecule has 0 aliphatic carbocycles. The highest BCUT2D eigenvalue weighted by Crippen LogP contribution is 2.22. The van der Waals surface area contributed by atoms with Crippen molar-refractivity contribution in [1.29, 1.82) is 0 Å². The highest BCUT2D eigenvalue weighted by Gasteiger charge is 2.15. The van der Waals surface area contributed by atoms with Crippen LogP contribution in [0.1, 0.15) is 23.8 Å². The van der Waals surface area contributed by atoms with Crippen molar-refractivity contribution < 1.29 is 9.47 Å². The van der Waals surface area contributed by atoms with E-state index in [2.05, 4.69) is 10.2 Å². The summed E-state index contributed by atoms with van der Waals surface area (Å²) in [5.74, 6) is -0.0631. The van der Waals surface area contributed by atoms with Crippen LogP contribution < -0.4 is 11.5 Å². The van der Waals surface area contributed by atoms with E-state index in [4.69, 9.17) is 20.9 Å². The van der Waals surface area contributed by atoms with E-state index in [1.54, 1.807) is 6.21 Å². The molecule has 0 aromatic heterocycles. The van der Waals surface area contributed by atoms with Crippen molar-refractivity contribution in [3.63, 3.8) is 0 Å². The number of ether oxygens (including phenoxy) is 2. The Balaban J connectivity index is 2.00. The normalized spacial score (nSPS) is 16.9. The Hall–Kier alpha value is -1.92. The van der Waals surface area contributed by atoms with E-state index in [0.29, 0.717) is 0 Å². The molecule has 18 heavy (non-hydrogen) atoms. The fraction of sp³-hybridized carbons (Fsp3) is 0.333. The van der Waals surface area contributed by atoms with Gasteiger partial charge in [-0.05, 0) is 12.0 Å². The monoisotopic (exact) mass is 248 g/mol. The van der Waals surface area contributed by atoms with Crippen LogP contribution in [0.3, 0.4) is 0 Å². The third kappa shape index (κ3) is 3.54. The van der Waals surface area contributed by atoms with Crippen LogP contribution in [0.15, 0.2) is 34.5 Å². The average Bonchev–Trinajstić information content (AvgIpc) is 2.40. The summed E-state index contributed by atoms with van der Waals surface area (Å²) in [5.41, 5.74) is 12.2. The van der Waals surface area contributed by atoms with E-state index in [9.17, 15) is 0 Å². The van der Waals surface area contributed by atoms with Crippen LogP contribution >= 0.6 is 0 Å². The fourth-order valence-corrected chi connectivity index (χ4v) is 1.58. The van der Waals surface area contributed by atoms with Gasteiger partial charge in [-0.3, -0.25) is 0 Å². The summed E-state index contributed by atoms with van der Waals surface area (Å²) >= 11 is 0. The van der Waals surface area contributed by atoms with Crippen molar-refractivity contribution in [1.82, 2.24) is 0 Å². The van der Waals surface area contributed by atoms with E-state index in [1.807, 2.05) is 24.3 Å². The summed E-state index contributed by atoms with van der Waals surface area (Å²) < 4.78 is 11.0. The highest BCUT2D eigenvalue weighted by molar-refractivity contribution is 5.81. The van der Waals surface area contributed by atoms with Gasteiger partial charge in [0.15, 0.2) is 6.29 Å². The number of hydrogen-bond donors (Lipinski definition) is 2. The molecule has 1 heterocycles. The minimum atomic E-state index is -0.262. The van der Waals surface area contributed by atoms with Gasteiger partial charge in [0.2, 0.25) is 5.96 Å². The first-order chi connectivity index (χ1) is 8.75. The molecule has 0 radical (unpaired) electrons. The van der Waals surface area contributed by atoms with Gasteiger partial charge in [-0.1, -0.05) is 24.3 Å². The Morgan fingerprint density at radius 1 is 1.17 bits per heavy atom. The second-order valence-corrected chi connectivity index (χ2v) is 3.86.